The fourth-order valence-corrected chi connectivity index (χ4v) is 1.98. The largest absolute Gasteiger partial charge is 0.346 e. The molecule has 0 amide bonds. The van der Waals surface area contributed by atoms with E-state index in [4.69, 9.17) is 10.5 Å². The molecule has 0 saturated heterocycles. The molecule has 0 spiro atoms. The molecule has 0 aliphatic heterocycles. The monoisotopic (exact) mass is 172 g/mol. The highest BCUT2D eigenvalue weighted by Crippen LogP contribution is 2.32. The summed E-state index contributed by atoms with van der Waals surface area (Å²) >= 11 is 0. The van der Waals surface area contributed by atoms with Crippen LogP contribution in [0.15, 0.2) is 0 Å². The Balaban J connectivity index is 2.56. The molecule has 0 heterocycles. The molecule has 3 nitrogen and oxygen atoms in total. The second kappa shape index (κ2) is 4.21. The Bertz CT molecular complexity index is 125. The lowest BCUT2D eigenvalue weighted by Crippen LogP contribution is -2.49. The minimum Gasteiger partial charge on any atom is -0.346 e. The van der Waals surface area contributed by atoms with Gasteiger partial charge in [-0.15, -0.1) is 0 Å². The number of nitrogens with two attached hydrogens (primary N) is 1. The molecule has 1 saturated carbocycles. The molecule has 1 rings (SSSR count). The zero-order valence-corrected chi connectivity index (χ0v) is 8.18. The first kappa shape index (κ1) is 9.96. The van der Waals surface area contributed by atoms with Crippen molar-refractivity contribution in [3.8, 4) is 0 Å². The standard InChI is InChI=1S/C9H20N2O/c1-11(2)9(12-8-10)6-4-3-5-7-9/h3-8,10H2,1-2H3. The minimum atomic E-state index is -0.0625. The summed E-state index contributed by atoms with van der Waals surface area (Å²) in [4.78, 5) is 2.17. The van der Waals surface area contributed by atoms with Crippen molar-refractivity contribution in [2.75, 3.05) is 20.8 Å². The van der Waals surface area contributed by atoms with Crippen LogP contribution in [-0.4, -0.2) is 31.5 Å². The van der Waals surface area contributed by atoms with Gasteiger partial charge in [-0.25, -0.2) is 0 Å². The van der Waals surface area contributed by atoms with Gasteiger partial charge < -0.3 is 10.5 Å². The van der Waals surface area contributed by atoms with Crippen LogP contribution in [0.1, 0.15) is 32.1 Å². The first-order valence-corrected chi connectivity index (χ1v) is 4.73. The van der Waals surface area contributed by atoms with Gasteiger partial charge in [0.05, 0.1) is 6.73 Å². The smallest absolute Gasteiger partial charge is 0.122 e. The molecule has 2 N–H and O–H groups in total. The Labute approximate surface area is 74.9 Å². The molecule has 3 heteroatoms. The minimum absolute atomic E-state index is 0.0625. The third kappa shape index (κ3) is 1.97. The lowest BCUT2D eigenvalue weighted by atomic mass is 9.91. The Hall–Kier alpha value is -0.120. The summed E-state index contributed by atoms with van der Waals surface area (Å²) in [6.45, 7) is 0.332. The van der Waals surface area contributed by atoms with Crippen molar-refractivity contribution in [1.29, 1.82) is 0 Å². The molecule has 1 fully saturated rings. The second-order valence-electron chi connectivity index (χ2n) is 3.71. The highest BCUT2D eigenvalue weighted by molar-refractivity contribution is 4.81. The summed E-state index contributed by atoms with van der Waals surface area (Å²) in [5, 5.41) is 0. The van der Waals surface area contributed by atoms with Gasteiger partial charge in [0.1, 0.15) is 5.72 Å². The Morgan fingerprint density at radius 2 is 1.83 bits per heavy atom. The zero-order chi connectivity index (χ0) is 9.03. The SMILES string of the molecule is CN(C)C1(OCN)CCCCC1. The van der Waals surface area contributed by atoms with E-state index in [1.165, 1.54) is 19.3 Å². The van der Waals surface area contributed by atoms with E-state index < -0.39 is 0 Å². The van der Waals surface area contributed by atoms with Gasteiger partial charge >= 0.3 is 0 Å². The van der Waals surface area contributed by atoms with Crippen LogP contribution in [0.2, 0.25) is 0 Å². The molecule has 12 heavy (non-hydrogen) atoms. The maximum absolute atomic E-state index is 5.64. The summed E-state index contributed by atoms with van der Waals surface area (Å²) in [5.41, 5.74) is 5.37. The van der Waals surface area contributed by atoms with Gasteiger partial charge in [-0.2, -0.15) is 0 Å². The summed E-state index contributed by atoms with van der Waals surface area (Å²) < 4.78 is 5.64. The predicted octanol–water partition coefficient (Wildman–Crippen LogP) is 1.14. The van der Waals surface area contributed by atoms with Crippen LogP contribution in [0, 0.1) is 0 Å². The van der Waals surface area contributed by atoms with Gasteiger partial charge in [-0.05, 0) is 39.8 Å². The highest BCUT2D eigenvalue weighted by atomic mass is 16.5. The van der Waals surface area contributed by atoms with E-state index in [9.17, 15) is 0 Å². The molecular formula is C9H20N2O. The molecular weight excluding hydrogens is 152 g/mol. The van der Waals surface area contributed by atoms with Crippen LogP contribution in [0.4, 0.5) is 0 Å². The summed E-state index contributed by atoms with van der Waals surface area (Å²) in [6.07, 6.45) is 6.11. The first-order valence-electron chi connectivity index (χ1n) is 4.73. The van der Waals surface area contributed by atoms with E-state index in [-0.39, 0.29) is 5.72 Å². The van der Waals surface area contributed by atoms with Gasteiger partial charge in [0.2, 0.25) is 0 Å². The Morgan fingerprint density at radius 3 is 2.25 bits per heavy atom. The van der Waals surface area contributed by atoms with Crippen LogP contribution >= 0.6 is 0 Å². The van der Waals surface area contributed by atoms with E-state index >= 15 is 0 Å². The van der Waals surface area contributed by atoms with Gasteiger partial charge in [0, 0.05) is 0 Å². The molecule has 0 atom stereocenters. The van der Waals surface area contributed by atoms with Gasteiger partial charge in [-0.1, -0.05) is 6.42 Å². The van der Waals surface area contributed by atoms with Crippen molar-refractivity contribution in [1.82, 2.24) is 4.90 Å². The lowest BCUT2D eigenvalue weighted by molar-refractivity contribution is -0.156. The van der Waals surface area contributed by atoms with Crippen molar-refractivity contribution in [2.45, 2.75) is 37.8 Å². The molecule has 0 aromatic carbocycles. The molecule has 0 aromatic rings. The van der Waals surface area contributed by atoms with E-state index in [2.05, 4.69) is 19.0 Å². The van der Waals surface area contributed by atoms with Crippen LogP contribution in [0.5, 0.6) is 0 Å². The van der Waals surface area contributed by atoms with Crippen LogP contribution in [0.3, 0.4) is 0 Å². The molecule has 1 aliphatic carbocycles. The normalized spacial score (nSPS) is 23.0. The van der Waals surface area contributed by atoms with Gasteiger partial charge in [0.25, 0.3) is 0 Å². The number of rotatable bonds is 3. The van der Waals surface area contributed by atoms with Gasteiger partial charge in [-0.3, -0.25) is 4.90 Å². The molecule has 0 bridgehead atoms. The van der Waals surface area contributed by atoms with Crippen LogP contribution in [-0.2, 0) is 4.74 Å². The molecule has 0 unspecified atom stereocenters. The molecule has 0 aromatic heterocycles. The molecule has 1 aliphatic rings. The predicted molar refractivity (Wildman–Crippen MR) is 49.6 cm³/mol. The first-order chi connectivity index (χ1) is 5.71. The van der Waals surface area contributed by atoms with E-state index in [0.717, 1.165) is 12.8 Å². The Kier molecular flexibility index (Phi) is 3.50. The highest BCUT2D eigenvalue weighted by Gasteiger charge is 2.34. The second-order valence-corrected chi connectivity index (χ2v) is 3.71. The molecule has 72 valence electrons. The van der Waals surface area contributed by atoms with Crippen molar-refractivity contribution in [3.63, 3.8) is 0 Å². The topological polar surface area (TPSA) is 38.5 Å². The van der Waals surface area contributed by atoms with Crippen LogP contribution in [0.25, 0.3) is 0 Å². The van der Waals surface area contributed by atoms with Crippen molar-refractivity contribution >= 4 is 0 Å². The van der Waals surface area contributed by atoms with Gasteiger partial charge in [0.15, 0.2) is 0 Å². The Morgan fingerprint density at radius 1 is 1.25 bits per heavy atom. The third-order valence-corrected chi connectivity index (χ3v) is 2.80. The summed E-state index contributed by atoms with van der Waals surface area (Å²) in [6, 6.07) is 0. The number of ether oxygens (including phenoxy) is 1. The maximum atomic E-state index is 5.64. The average molecular weight is 172 g/mol. The van der Waals surface area contributed by atoms with Crippen molar-refractivity contribution in [2.24, 2.45) is 5.73 Å². The van der Waals surface area contributed by atoms with Crippen molar-refractivity contribution in [3.05, 3.63) is 0 Å². The number of hydrogen-bond donors (Lipinski definition) is 1. The average Bonchev–Trinajstić information content (AvgIpc) is 2.06. The fourth-order valence-electron chi connectivity index (χ4n) is 1.98. The molecule has 0 radical (unpaired) electrons. The van der Waals surface area contributed by atoms with E-state index in [1.54, 1.807) is 0 Å². The van der Waals surface area contributed by atoms with E-state index in [0.29, 0.717) is 6.73 Å². The summed E-state index contributed by atoms with van der Waals surface area (Å²) in [5.74, 6) is 0. The quantitative estimate of drug-likeness (QED) is 0.649. The maximum Gasteiger partial charge on any atom is 0.122 e. The number of hydrogen-bond acceptors (Lipinski definition) is 3. The van der Waals surface area contributed by atoms with Crippen LogP contribution < -0.4 is 5.73 Å². The number of nitrogens with zero attached hydrogens (tertiary/aromatic N) is 1. The summed E-state index contributed by atoms with van der Waals surface area (Å²) in [7, 11) is 4.14. The van der Waals surface area contributed by atoms with E-state index in [1.807, 2.05) is 0 Å². The lowest BCUT2D eigenvalue weighted by Gasteiger charge is -2.42. The zero-order valence-electron chi connectivity index (χ0n) is 8.18. The third-order valence-electron chi connectivity index (χ3n) is 2.80. The fraction of sp³-hybridized carbons (Fsp3) is 1.00. The van der Waals surface area contributed by atoms with Crippen molar-refractivity contribution < 1.29 is 4.74 Å².